The minimum atomic E-state index is -4.28. The van der Waals surface area contributed by atoms with E-state index >= 15 is 0 Å². The van der Waals surface area contributed by atoms with Gasteiger partial charge in [-0.25, -0.2) is 4.98 Å². The van der Waals surface area contributed by atoms with Gasteiger partial charge in [-0.2, -0.15) is 22.8 Å². The molecule has 2 aliphatic carbocycles. The van der Waals surface area contributed by atoms with E-state index in [0.717, 1.165) is 19.3 Å². The standard InChI is InChI=1S/C16H20F3N5/c17-16(18,19)15(9-1-2-9)12-8-14(22-11-4-3-10(20)7-11)24-13(23-12)5-6-21-24/h5-6,8-11,15,22H,1-4,7,20H2/t10-,11-,15?/m0/s1. The van der Waals surface area contributed by atoms with Crippen molar-refractivity contribution in [1.82, 2.24) is 14.6 Å². The zero-order chi connectivity index (χ0) is 16.9. The summed E-state index contributed by atoms with van der Waals surface area (Å²) in [5.41, 5.74) is 6.45. The maximum Gasteiger partial charge on any atom is 0.397 e. The molecule has 2 heterocycles. The maximum absolute atomic E-state index is 13.5. The second-order valence-corrected chi connectivity index (χ2v) is 6.94. The van der Waals surface area contributed by atoms with Crippen LogP contribution in [0.2, 0.25) is 0 Å². The van der Waals surface area contributed by atoms with Crippen LogP contribution in [-0.4, -0.2) is 32.9 Å². The molecule has 2 aliphatic rings. The molecule has 8 heteroatoms. The van der Waals surface area contributed by atoms with Gasteiger partial charge in [-0.3, -0.25) is 0 Å². The van der Waals surface area contributed by atoms with Gasteiger partial charge in [0.2, 0.25) is 0 Å². The van der Waals surface area contributed by atoms with Crippen LogP contribution in [0.1, 0.15) is 43.7 Å². The van der Waals surface area contributed by atoms with Crippen LogP contribution in [0, 0.1) is 5.92 Å². The number of hydrogen-bond acceptors (Lipinski definition) is 4. The first-order valence-electron chi connectivity index (χ1n) is 8.35. The van der Waals surface area contributed by atoms with E-state index in [0.29, 0.717) is 24.3 Å². The molecule has 0 aliphatic heterocycles. The molecule has 0 bridgehead atoms. The summed E-state index contributed by atoms with van der Waals surface area (Å²) < 4.78 is 42.1. The molecule has 0 saturated heterocycles. The summed E-state index contributed by atoms with van der Waals surface area (Å²) in [6.45, 7) is 0. The van der Waals surface area contributed by atoms with E-state index in [1.54, 1.807) is 16.8 Å². The normalized spacial score (nSPS) is 26.0. The largest absolute Gasteiger partial charge is 0.397 e. The van der Waals surface area contributed by atoms with Gasteiger partial charge in [0, 0.05) is 24.2 Å². The Kier molecular flexibility index (Phi) is 3.67. The zero-order valence-electron chi connectivity index (χ0n) is 13.1. The van der Waals surface area contributed by atoms with E-state index in [1.807, 2.05) is 0 Å². The van der Waals surface area contributed by atoms with Crippen molar-refractivity contribution in [3.63, 3.8) is 0 Å². The number of alkyl halides is 3. The smallest absolute Gasteiger partial charge is 0.367 e. The Bertz CT molecular complexity index is 737. The summed E-state index contributed by atoms with van der Waals surface area (Å²) in [7, 11) is 0. The SMILES string of the molecule is N[C@H]1CC[C@H](Nc2cc(C(C3CC3)C(F)(F)F)nc3ccnn23)C1. The Morgan fingerprint density at radius 2 is 2.04 bits per heavy atom. The van der Waals surface area contributed by atoms with Crippen LogP contribution in [0.25, 0.3) is 5.65 Å². The van der Waals surface area contributed by atoms with Crippen LogP contribution in [-0.2, 0) is 0 Å². The van der Waals surface area contributed by atoms with Crippen LogP contribution >= 0.6 is 0 Å². The van der Waals surface area contributed by atoms with E-state index in [9.17, 15) is 13.2 Å². The predicted octanol–water partition coefficient (Wildman–Crippen LogP) is 3.08. The molecule has 0 radical (unpaired) electrons. The number of rotatable bonds is 4. The first-order valence-corrected chi connectivity index (χ1v) is 8.35. The Labute approximate surface area is 137 Å². The maximum atomic E-state index is 13.5. The second kappa shape index (κ2) is 5.61. The van der Waals surface area contributed by atoms with Gasteiger partial charge in [0.05, 0.1) is 11.9 Å². The molecule has 2 saturated carbocycles. The van der Waals surface area contributed by atoms with Gasteiger partial charge in [-0.15, -0.1) is 0 Å². The van der Waals surface area contributed by atoms with Gasteiger partial charge in [0.25, 0.3) is 0 Å². The lowest BCUT2D eigenvalue weighted by atomic mass is 9.98. The lowest BCUT2D eigenvalue weighted by Crippen LogP contribution is -2.25. The predicted molar refractivity (Wildman–Crippen MR) is 83.7 cm³/mol. The molecule has 130 valence electrons. The fraction of sp³-hybridized carbons (Fsp3) is 0.625. The first kappa shape index (κ1) is 15.7. The first-order chi connectivity index (χ1) is 11.4. The number of aromatic nitrogens is 3. The highest BCUT2D eigenvalue weighted by Crippen LogP contribution is 2.50. The van der Waals surface area contributed by atoms with E-state index < -0.39 is 12.1 Å². The van der Waals surface area contributed by atoms with Crippen molar-refractivity contribution in [2.45, 2.75) is 56.3 Å². The Morgan fingerprint density at radius 3 is 2.67 bits per heavy atom. The van der Waals surface area contributed by atoms with Crippen LogP contribution in [0.3, 0.4) is 0 Å². The van der Waals surface area contributed by atoms with Crippen molar-refractivity contribution >= 4 is 11.5 Å². The Hall–Kier alpha value is -1.83. The Balaban J connectivity index is 1.71. The molecule has 3 N–H and O–H groups in total. The fourth-order valence-electron chi connectivity index (χ4n) is 3.66. The molecule has 2 aromatic heterocycles. The summed E-state index contributed by atoms with van der Waals surface area (Å²) in [6, 6.07) is 3.45. The van der Waals surface area contributed by atoms with Gasteiger partial charge in [0.15, 0.2) is 5.65 Å². The molecule has 5 nitrogen and oxygen atoms in total. The third kappa shape index (κ3) is 2.94. The molecule has 3 atom stereocenters. The molecular weight excluding hydrogens is 319 g/mol. The summed E-state index contributed by atoms with van der Waals surface area (Å²) in [5.74, 6) is -1.28. The number of nitrogens with one attached hydrogen (secondary N) is 1. The quantitative estimate of drug-likeness (QED) is 0.898. The zero-order valence-corrected chi connectivity index (χ0v) is 13.1. The Morgan fingerprint density at radius 1 is 1.25 bits per heavy atom. The highest BCUT2D eigenvalue weighted by atomic mass is 19.4. The van der Waals surface area contributed by atoms with Crippen molar-refractivity contribution in [2.24, 2.45) is 11.7 Å². The second-order valence-electron chi connectivity index (χ2n) is 6.94. The van der Waals surface area contributed by atoms with Crippen molar-refractivity contribution in [2.75, 3.05) is 5.32 Å². The van der Waals surface area contributed by atoms with Crippen LogP contribution in [0.4, 0.5) is 19.0 Å². The average Bonchev–Trinajstić information content (AvgIpc) is 3.03. The molecule has 0 spiro atoms. The number of nitrogens with zero attached hydrogens (tertiary/aromatic N) is 3. The minimum Gasteiger partial charge on any atom is -0.367 e. The summed E-state index contributed by atoms with van der Waals surface area (Å²) >= 11 is 0. The highest BCUT2D eigenvalue weighted by Gasteiger charge is 2.50. The molecule has 24 heavy (non-hydrogen) atoms. The van der Waals surface area contributed by atoms with Gasteiger partial charge in [-0.1, -0.05) is 0 Å². The number of halogens is 3. The summed E-state index contributed by atoms with van der Waals surface area (Å²) in [5, 5.41) is 7.50. The number of hydrogen-bond donors (Lipinski definition) is 2. The number of anilines is 1. The monoisotopic (exact) mass is 339 g/mol. The number of fused-ring (bicyclic) bond motifs is 1. The van der Waals surface area contributed by atoms with Gasteiger partial charge < -0.3 is 11.1 Å². The minimum absolute atomic E-state index is 0.0859. The van der Waals surface area contributed by atoms with E-state index in [1.165, 1.54) is 6.07 Å². The van der Waals surface area contributed by atoms with Gasteiger partial charge >= 0.3 is 6.18 Å². The molecule has 2 aromatic rings. The van der Waals surface area contributed by atoms with Crippen molar-refractivity contribution in [3.8, 4) is 0 Å². The lowest BCUT2D eigenvalue weighted by Gasteiger charge is -2.21. The van der Waals surface area contributed by atoms with Crippen molar-refractivity contribution in [3.05, 3.63) is 24.0 Å². The molecule has 1 unspecified atom stereocenters. The third-order valence-corrected chi connectivity index (χ3v) is 4.97. The topological polar surface area (TPSA) is 68.2 Å². The van der Waals surface area contributed by atoms with E-state index in [2.05, 4.69) is 15.4 Å². The molecule has 4 rings (SSSR count). The van der Waals surface area contributed by atoms with Crippen LogP contribution in [0.15, 0.2) is 18.3 Å². The summed E-state index contributed by atoms with van der Waals surface area (Å²) in [4.78, 5) is 4.23. The van der Waals surface area contributed by atoms with Crippen molar-refractivity contribution in [1.29, 1.82) is 0 Å². The van der Waals surface area contributed by atoms with Crippen LogP contribution in [0.5, 0.6) is 0 Å². The molecule has 0 aromatic carbocycles. The molecular formula is C16H20F3N5. The van der Waals surface area contributed by atoms with E-state index in [-0.39, 0.29) is 23.7 Å². The molecule has 0 amide bonds. The molecule has 2 fully saturated rings. The summed E-state index contributed by atoms with van der Waals surface area (Å²) in [6.07, 6.45) is 1.13. The van der Waals surface area contributed by atoms with Crippen molar-refractivity contribution < 1.29 is 13.2 Å². The third-order valence-electron chi connectivity index (χ3n) is 4.97. The lowest BCUT2D eigenvalue weighted by molar-refractivity contribution is -0.155. The van der Waals surface area contributed by atoms with Gasteiger partial charge in [-0.05, 0) is 38.0 Å². The average molecular weight is 339 g/mol. The highest BCUT2D eigenvalue weighted by molar-refractivity contribution is 5.50. The van der Waals surface area contributed by atoms with Gasteiger partial charge in [0.1, 0.15) is 11.7 Å². The van der Waals surface area contributed by atoms with Crippen LogP contribution < -0.4 is 11.1 Å². The fourth-order valence-corrected chi connectivity index (χ4v) is 3.66. The number of nitrogens with two attached hydrogens (primary N) is 1. The van der Waals surface area contributed by atoms with E-state index in [4.69, 9.17) is 5.73 Å².